The summed E-state index contributed by atoms with van der Waals surface area (Å²) in [5, 5.41) is 1.81. The number of benzene rings is 3. The third kappa shape index (κ3) is 4.63. The number of fused-ring (bicyclic) bond motifs is 3. The highest BCUT2D eigenvalue weighted by atomic mass is 16.7. The minimum Gasteiger partial charge on any atom is -0.489 e. The second-order valence-electron chi connectivity index (χ2n) is 6.77. The van der Waals surface area contributed by atoms with Crippen molar-refractivity contribution in [3.8, 4) is 17.2 Å². The van der Waals surface area contributed by atoms with Gasteiger partial charge in [-0.05, 0) is 29.8 Å². The smallest absolute Gasteiger partial charge is 0.344 e. The Morgan fingerprint density at radius 2 is 1.42 bits per heavy atom. The molecule has 0 fully saturated rings. The average molecular weight is 422 g/mol. The van der Waals surface area contributed by atoms with Gasteiger partial charge in [0.2, 0.25) is 0 Å². The van der Waals surface area contributed by atoms with Crippen LogP contribution in [-0.4, -0.2) is 27.8 Å². The van der Waals surface area contributed by atoms with Crippen molar-refractivity contribution in [1.82, 2.24) is 0 Å². The van der Waals surface area contributed by atoms with Gasteiger partial charge in [-0.1, -0.05) is 30.3 Å². The minimum absolute atomic E-state index is 0.00980. The first kappa shape index (κ1) is 20.7. The number of methoxy groups -OCH3 is 2. The number of hydrogen-bond donors (Lipinski definition) is 0. The largest absolute Gasteiger partial charge is 0.489 e. The molecule has 0 N–H and O–H groups in total. The van der Waals surface area contributed by atoms with E-state index in [4.69, 9.17) is 28.1 Å². The second-order valence-corrected chi connectivity index (χ2v) is 6.77. The van der Waals surface area contributed by atoms with Crippen LogP contribution in [0.4, 0.5) is 0 Å². The first-order valence-electron chi connectivity index (χ1n) is 9.64. The molecule has 7 nitrogen and oxygen atoms in total. The molecule has 31 heavy (non-hydrogen) atoms. The highest BCUT2D eigenvalue weighted by Crippen LogP contribution is 2.35. The lowest BCUT2D eigenvalue weighted by atomic mass is 10.1. The molecule has 0 saturated heterocycles. The molecule has 1 heterocycles. The molecule has 0 aliphatic heterocycles. The number of hydrogen-bond acceptors (Lipinski definition) is 7. The van der Waals surface area contributed by atoms with Crippen LogP contribution >= 0.6 is 0 Å². The molecule has 0 aliphatic rings. The summed E-state index contributed by atoms with van der Waals surface area (Å²) >= 11 is 0. The molecule has 7 heteroatoms. The van der Waals surface area contributed by atoms with Crippen LogP contribution in [0.3, 0.4) is 0 Å². The van der Waals surface area contributed by atoms with Crippen LogP contribution in [0.1, 0.15) is 5.56 Å². The Labute approximate surface area is 178 Å². The molecule has 0 bridgehead atoms. The molecular formula is C24H22O7. The Kier molecular flexibility index (Phi) is 6.35. The predicted octanol–water partition coefficient (Wildman–Crippen LogP) is 4.49. The summed E-state index contributed by atoms with van der Waals surface area (Å²) in [4.78, 5) is 12.7. The molecule has 160 valence electrons. The summed E-state index contributed by atoms with van der Waals surface area (Å²) in [5.41, 5.74) is 0.987. The second kappa shape index (κ2) is 9.51. The molecule has 4 rings (SSSR count). The first-order valence-corrected chi connectivity index (χ1v) is 9.64. The average Bonchev–Trinajstić information content (AvgIpc) is 2.80. The summed E-state index contributed by atoms with van der Waals surface area (Å²) < 4.78 is 32.6. The van der Waals surface area contributed by atoms with Gasteiger partial charge in [-0.15, -0.1) is 0 Å². The molecule has 3 aromatic carbocycles. The zero-order chi connectivity index (χ0) is 21.6. The summed E-state index contributed by atoms with van der Waals surface area (Å²) in [7, 11) is 3.04. The third-order valence-corrected chi connectivity index (χ3v) is 4.66. The maximum absolute atomic E-state index is 12.7. The van der Waals surface area contributed by atoms with Crippen LogP contribution < -0.4 is 19.8 Å². The molecule has 1 aromatic heterocycles. The Hall–Kier alpha value is -3.55. The fourth-order valence-corrected chi connectivity index (χ4v) is 3.22. The molecule has 0 unspecified atom stereocenters. The van der Waals surface area contributed by atoms with E-state index in [1.54, 1.807) is 18.2 Å². The van der Waals surface area contributed by atoms with Gasteiger partial charge in [0.1, 0.15) is 17.9 Å². The first-order chi connectivity index (χ1) is 15.2. The van der Waals surface area contributed by atoms with E-state index in [0.717, 1.165) is 10.9 Å². The van der Waals surface area contributed by atoms with Gasteiger partial charge in [0, 0.05) is 31.1 Å². The standard InChI is InChI=1S/C24H22O7/c1-26-14-29-22-11-19-18-9-8-17(28-13-16-6-4-3-5-7-16)10-21(18)31-24(25)20(19)12-23(22)30-15-27-2/h3-12H,13-15H2,1-2H3. The van der Waals surface area contributed by atoms with E-state index < -0.39 is 5.63 Å². The maximum Gasteiger partial charge on any atom is 0.344 e. The van der Waals surface area contributed by atoms with Crippen LogP contribution in [0.15, 0.2) is 69.9 Å². The number of rotatable bonds is 9. The topological polar surface area (TPSA) is 76.4 Å². The van der Waals surface area contributed by atoms with Crippen LogP contribution in [-0.2, 0) is 16.1 Å². The summed E-state index contributed by atoms with van der Waals surface area (Å²) in [6.07, 6.45) is 0. The fraction of sp³-hybridized carbons (Fsp3) is 0.208. The van der Waals surface area contributed by atoms with Crippen LogP contribution in [0.2, 0.25) is 0 Å². The van der Waals surface area contributed by atoms with E-state index >= 15 is 0 Å². The van der Waals surface area contributed by atoms with Crippen LogP contribution in [0, 0.1) is 0 Å². The van der Waals surface area contributed by atoms with Crippen molar-refractivity contribution >= 4 is 21.7 Å². The molecule has 0 amide bonds. The maximum atomic E-state index is 12.7. The zero-order valence-electron chi connectivity index (χ0n) is 17.3. The van der Waals surface area contributed by atoms with Crippen LogP contribution in [0.5, 0.6) is 17.2 Å². The van der Waals surface area contributed by atoms with E-state index in [9.17, 15) is 4.79 Å². The SMILES string of the molecule is COCOc1cc2c(=O)oc3cc(OCc4ccccc4)ccc3c2cc1OCOC. The molecule has 4 aromatic rings. The molecule has 0 spiro atoms. The monoisotopic (exact) mass is 422 g/mol. The van der Waals surface area contributed by atoms with Gasteiger partial charge in [0.05, 0.1) is 5.39 Å². The van der Waals surface area contributed by atoms with E-state index in [-0.39, 0.29) is 13.6 Å². The number of ether oxygens (including phenoxy) is 5. The van der Waals surface area contributed by atoms with Crippen molar-refractivity contribution in [3.63, 3.8) is 0 Å². The summed E-state index contributed by atoms with van der Waals surface area (Å²) in [5.74, 6) is 1.40. The Morgan fingerprint density at radius 1 is 0.742 bits per heavy atom. The van der Waals surface area contributed by atoms with Gasteiger partial charge in [0.15, 0.2) is 25.1 Å². The van der Waals surface area contributed by atoms with Crippen LogP contribution in [0.25, 0.3) is 21.7 Å². The predicted molar refractivity (Wildman–Crippen MR) is 116 cm³/mol. The highest BCUT2D eigenvalue weighted by Gasteiger charge is 2.15. The molecule has 0 atom stereocenters. The van der Waals surface area contributed by atoms with E-state index in [1.165, 1.54) is 14.2 Å². The quantitative estimate of drug-likeness (QED) is 0.223. The lowest BCUT2D eigenvalue weighted by Crippen LogP contribution is -2.06. The van der Waals surface area contributed by atoms with Gasteiger partial charge in [-0.3, -0.25) is 0 Å². The lowest BCUT2D eigenvalue weighted by molar-refractivity contribution is 0.0324. The van der Waals surface area contributed by atoms with Gasteiger partial charge >= 0.3 is 5.63 Å². The Bertz CT molecular complexity index is 1230. The minimum atomic E-state index is -0.483. The van der Waals surface area contributed by atoms with Gasteiger partial charge in [-0.2, -0.15) is 0 Å². The van der Waals surface area contributed by atoms with Gasteiger partial charge in [0.25, 0.3) is 0 Å². The fourth-order valence-electron chi connectivity index (χ4n) is 3.22. The Morgan fingerprint density at radius 3 is 2.10 bits per heavy atom. The van der Waals surface area contributed by atoms with Crippen molar-refractivity contribution in [2.75, 3.05) is 27.8 Å². The van der Waals surface area contributed by atoms with Crippen molar-refractivity contribution in [1.29, 1.82) is 0 Å². The van der Waals surface area contributed by atoms with Crippen molar-refractivity contribution in [2.45, 2.75) is 6.61 Å². The molecule has 0 saturated carbocycles. The lowest BCUT2D eigenvalue weighted by Gasteiger charge is -2.14. The highest BCUT2D eigenvalue weighted by molar-refractivity contribution is 6.05. The van der Waals surface area contributed by atoms with Crippen molar-refractivity contribution in [3.05, 3.63) is 76.6 Å². The third-order valence-electron chi connectivity index (χ3n) is 4.66. The van der Waals surface area contributed by atoms with E-state index in [0.29, 0.717) is 40.2 Å². The summed E-state index contributed by atoms with van der Waals surface area (Å²) in [6, 6.07) is 18.6. The van der Waals surface area contributed by atoms with Crippen molar-refractivity contribution in [2.24, 2.45) is 0 Å². The van der Waals surface area contributed by atoms with Gasteiger partial charge in [-0.25, -0.2) is 4.79 Å². The zero-order valence-corrected chi connectivity index (χ0v) is 17.3. The van der Waals surface area contributed by atoms with E-state index in [2.05, 4.69) is 0 Å². The summed E-state index contributed by atoms with van der Waals surface area (Å²) in [6.45, 7) is 0.459. The molecular weight excluding hydrogens is 400 g/mol. The van der Waals surface area contributed by atoms with Crippen molar-refractivity contribution < 1.29 is 28.1 Å². The molecule has 0 aliphatic carbocycles. The Balaban J connectivity index is 1.73. The normalized spacial score (nSPS) is 11.0. The molecule has 0 radical (unpaired) electrons. The van der Waals surface area contributed by atoms with Gasteiger partial charge < -0.3 is 28.1 Å². The van der Waals surface area contributed by atoms with E-state index in [1.807, 2.05) is 42.5 Å².